The predicted molar refractivity (Wildman–Crippen MR) is 88.8 cm³/mol. The van der Waals surface area contributed by atoms with Gasteiger partial charge in [-0.05, 0) is 23.8 Å². The van der Waals surface area contributed by atoms with Gasteiger partial charge in [0, 0.05) is 30.7 Å². The molecule has 4 N–H and O–H groups in total. The summed E-state index contributed by atoms with van der Waals surface area (Å²) in [5.74, 6) is 1.21. The van der Waals surface area contributed by atoms with Crippen molar-refractivity contribution in [2.45, 2.75) is 5.54 Å². The molecular formula is C17H20N4O2. The van der Waals surface area contributed by atoms with Crippen molar-refractivity contribution in [1.82, 2.24) is 9.38 Å². The van der Waals surface area contributed by atoms with E-state index in [2.05, 4.69) is 4.98 Å². The van der Waals surface area contributed by atoms with Crippen molar-refractivity contribution in [3.05, 3.63) is 60.0 Å². The summed E-state index contributed by atoms with van der Waals surface area (Å²) >= 11 is 0. The number of nitrogens with zero attached hydrogens (tertiary/aromatic N) is 2. The van der Waals surface area contributed by atoms with Crippen LogP contribution < -0.4 is 20.9 Å². The second-order valence-corrected chi connectivity index (χ2v) is 5.32. The van der Waals surface area contributed by atoms with Gasteiger partial charge >= 0.3 is 0 Å². The molecule has 0 radical (unpaired) electrons. The summed E-state index contributed by atoms with van der Waals surface area (Å²) in [5.41, 5.74) is 14.3. The molecule has 6 heteroatoms. The van der Waals surface area contributed by atoms with Crippen LogP contribution in [0.2, 0.25) is 0 Å². The summed E-state index contributed by atoms with van der Waals surface area (Å²) in [6.07, 6.45) is 5.54. The molecule has 3 rings (SSSR count). The van der Waals surface area contributed by atoms with Crippen molar-refractivity contribution in [3.8, 4) is 11.5 Å². The summed E-state index contributed by atoms with van der Waals surface area (Å²) in [6.45, 7) is 0.216. The van der Waals surface area contributed by atoms with E-state index in [1.54, 1.807) is 20.4 Å². The molecular weight excluding hydrogens is 292 g/mol. The smallest absolute Gasteiger partial charge is 0.166 e. The zero-order chi connectivity index (χ0) is 16.4. The molecule has 0 saturated carbocycles. The lowest BCUT2D eigenvalue weighted by Gasteiger charge is -2.31. The highest BCUT2D eigenvalue weighted by molar-refractivity contribution is 5.55. The monoisotopic (exact) mass is 312 g/mol. The first-order chi connectivity index (χ1) is 11.1. The first-order valence-electron chi connectivity index (χ1n) is 7.27. The van der Waals surface area contributed by atoms with E-state index in [0.29, 0.717) is 11.5 Å². The lowest BCUT2D eigenvalue weighted by atomic mass is 9.83. The average Bonchev–Trinajstić information content (AvgIpc) is 3.07. The Morgan fingerprint density at radius 2 is 2.00 bits per heavy atom. The van der Waals surface area contributed by atoms with Gasteiger partial charge in [-0.25, -0.2) is 4.98 Å². The van der Waals surface area contributed by atoms with Crippen LogP contribution in [0.4, 0.5) is 0 Å². The summed E-state index contributed by atoms with van der Waals surface area (Å²) in [4.78, 5) is 4.31. The van der Waals surface area contributed by atoms with Crippen LogP contribution in [0.1, 0.15) is 11.1 Å². The van der Waals surface area contributed by atoms with Gasteiger partial charge < -0.3 is 25.3 Å². The van der Waals surface area contributed by atoms with E-state index in [4.69, 9.17) is 20.9 Å². The van der Waals surface area contributed by atoms with Crippen molar-refractivity contribution in [3.63, 3.8) is 0 Å². The van der Waals surface area contributed by atoms with Crippen molar-refractivity contribution in [2.75, 3.05) is 20.8 Å². The number of hydrogen-bond donors (Lipinski definition) is 2. The zero-order valence-electron chi connectivity index (χ0n) is 13.2. The second-order valence-electron chi connectivity index (χ2n) is 5.32. The number of aromatic nitrogens is 2. The third-order valence-corrected chi connectivity index (χ3v) is 4.12. The number of methoxy groups -OCH3 is 2. The predicted octanol–water partition coefficient (Wildman–Crippen LogP) is 1.51. The molecule has 0 aliphatic carbocycles. The highest BCUT2D eigenvalue weighted by atomic mass is 16.5. The van der Waals surface area contributed by atoms with Crippen molar-refractivity contribution >= 4 is 5.65 Å². The fraction of sp³-hybridized carbons (Fsp3) is 0.235. The number of pyridine rings is 1. The third kappa shape index (κ3) is 2.42. The third-order valence-electron chi connectivity index (χ3n) is 4.12. The second kappa shape index (κ2) is 5.91. The molecule has 0 fully saturated rings. The molecule has 0 spiro atoms. The number of fused-ring (bicyclic) bond motifs is 1. The van der Waals surface area contributed by atoms with Gasteiger partial charge in [0.2, 0.25) is 0 Å². The molecule has 2 heterocycles. The van der Waals surface area contributed by atoms with Crippen LogP contribution in [0, 0.1) is 0 Å². The quantitative estimate of drug-likeness (QED) is 0.745. The summed E-state index contributed by atoms with van der Waals surface area (Å²) in [6, 6.07) is 9.50. The van der Waals surface area contributed by atoms with Crippen LogP contribution in [-0.2, 0) is 5.54 Å². The van der Waals surface area contributed by atoms with Gasteiger partial charge in [-0.1, -0.05) is 12.1 Å². The Labute approximate surface area is 134 Å². The lowest BCUT2D eigenvalue weighted by molar-refractivity contribution is 0.344. The number of benzene rings is 1. The molecule has 120 valence electrons. The van der Waals surface area contributed by atoms with Crippen LogP contribution in [0.25, 0.3) is 5.65 Å². The fourth-order valence-electron chi connectivity index (χ4n) is 2.81. The van der Waals surface area contributed by atoms with E-state index in [-0.39, 0.29) is 6.54 Å². The van der Waals surface area contributed by atoms with Gasteiger partial charge in [0.05, 0.1) is 19.8 Å². The molecule has 23 heavy (non-hydrogen) atoms. The van der Waals surface area contributed by atoms with Crippen LogP contribution >= 0.6 is 0 Å². The van der Waals surface area contributed by atoms with Crippen LogP contribution in [0.5, 0.6) is 11.5 Å². The molecule has 0 aliphatic rings. The Morgan fingerprint density at radius 1 is 1.17 bits per heavy atom. The Morgan fingerprint density at radius 3 is 2.70 bits per heavy atom. The van der Waals surface area contributed by atoms with Crippen LogP contribution in [0.15, 0.2) is 48.9 Å². The van der Waals surface area contributed by atoms with Gasteiger partial charge in [-0.15, -0.1) is 0 Å². The normalized spacial score (nSPS) is 13.7. The molecule has 0 bridgehead atoms. The van der Waals surface area contributed by atoms with E-state index in [9.17, 15) is 0 Å². The number of para-hydroxylation sites is 1. The van der Waals surface area contributed by atoms with E-state index in [0.717, 1.165) is 16.8 Å². The first-order valence-corrected chi connectivity index (χ1v) is 7.27. The van der Waals surface area contributed by atoms with E-state index < -0.39 is 5.54 Å². The Hall–Kier alpha value is -2.57. The maximum Gasteiger partial charge on any atom is 0.166 e. The van der Waals surface area contributed by atoms with Gasteiger partial charge in [-0.2, -0.15) is 0 Å². The maximum atomic E-state index is 6.70. The number of rotatable bonds is 5. The fourth-order valence-corrected chi connectivity index (χ4v) is 2.81. The molecule has 0 amide bonds. The van der Waals surface area contributed by atoms with Crippen molar-refractivity contribution in [1.29, 1.82) is 0 Å². The van der Waals surface area contributed by atoms with Gasteiger partial charge in [0.25, 0.3) is 0 Å². The largest absolute Gasteiger partial charge is 0.493 e. The summed E-state index contributed by atoms with van der Waals surface area (Å²) in [7, 11) is 3.19. The maximum absolute atomic E-state index is 6.70. The molecule has 3 aromatic rings. The summed E-state index contributed by atoms with van der Waals surface area (Å²) < 4.78 is 12.8. The Kier molecular flexibility index (Phi) is 3.94. The molecule has 6 nitrogen and oxygen atoms in total. The minimum Gasteiger partial charge on any atom is -0.493 e. The molecule has 0 saturated heterocycles. The van der Waals surface area contributed by atoms with Crippen molar-refractivity contribution < 1.29 is 9.47 Å². The van der Waals surface area contributed by atoms with Crippen LogP contribution in [0.3, 0.4) is 0 Å². The molecule has 1 atom stereocenters. The molecule has 0 aliphatic heterocycles. The van der Waals surface area contributed by atoms with Gasteiger partial charge in [-0.3, -0.25) is 0 Å². The Bertz CT molecular complexity index is 830. The standard InChI is InChI=1S/C17H20N4O2/c1-22-14-5-3-4-13(16(14)23-2)17(19,11-18)12-6-8-21-9-7-20-15(21)10-12/h3-10H,11,18-19H2,1-2H3. The first kappa shape index (κ1) is 15.3. The SMILES string of the molecule is COc1cccc(C(N)(CN)c2ccn3ccnc3c2)c1OC. The number of ether oxygens (including phenoxy) is 2. The highest BCUT2D eigenvalue weighted by Crippen LogP contribution is 2.39. The van der Waals surface area contributed by atoms with Crippen LogP contribution in [-0.4, -0.2) is 30.1 Å². The minimum absolute atomic E-state index is 0.216. The number of imidazole rings is 1. The highest BCUT2D eigenvalue weighted by Gasteiger charge is 2.33. The average molecular weight is 312 g/mol. The topological polar surface area (TPSA) is 87.8 Å². The zero-order valence-corrected chi connectivity index (χ0v) is 13.2. The number of nitrogens with two attached hydrogens (primary N) is 2. The number of hydrogen-bond acceptors (Lipinski definition) is 5. The van der Waals surface area contributed by atoms with Gasteiger partial charge in [0.15, 0.2) is 11.5 Å². The Balaban J connectivity index is 2.20. The van der Waals surface area contributed by atoms with Crippen molar-refractivity contribution in [2.24, 2.45) is 11.5 Å². The lowest BCUT2D eigenvalue weighted by Crippen LogP contribution is -2.45. The summed E-state index contributed by atoms with van der Waals surface area (Å²) in [5, 5.41) is 0. The van der Waals surface area contributed by atoms with E-state index in [1.165, 1.54) is 0 Å². The van der Waals surface area contributed by atoms with E-state index in [1.807, 2.05) is 47.1 Å². The molecule has 1 unspecified atom stereocenters. The molecule has 1 aromatic carbocycles. The van der Waals surface area contributed by atoms with Gasteiger partial charge in [0.1, 0.15) is 5.65 Å². The molecule has 2 aromatic heterocycles. The minimum atomic E-state index is -0.909. The van der Waals surface area contributed by atoms with E-state index >= 15 is 0 Å².